The Bertz CT molecular complexity index is 812. The molecule has 2 heterocycles. The third-order valence-corrected chi connectivity index (χ3v) is 10.4. The fourth-order valence-corrected chi connectivity index (χ4v) is 4.71. The van der Waals surface area contributed by atoms with Crippen molar-refractivity contribution >= 4 is 14.3 Å². The van der Waals surface area contributed by atoms with Crippen molar-refractivity contribution in [3.8, 4) is 17.6 Å². The number of esters is 1. The number of fused-ring (bicyclic) bond motifs is 1. The third-order valence-electron chi connectivity index (χ3n) is 5.91. The van der Waals surface area contributed by atoms with Crippen molar-refractivity contribution in [2.45, 2.75) is 57.2 Å². The second-order valence-corrected chi connectivity index (χ2v) is 13.4. The lowest BCUT2D eigenvalue weighted by Crippen LogP contribution is -2.52. The van der Waals surface area contributed by atoms with Gasteiger partial charge in [-0.15, -0.1) is 0 Å². The van der Waals surface area contributed by atoms with Gasteiger partial charge >= 0.3 is 5.97 Å². The summed E-state index contributed by atoms with van der Waals surface area (Å²) in [5.74, 6) is 0.153. The van der Waals surface area contributed by atoms with Gasteiger partial charge in [0.1, 0.15) is 6.07 Å². The van der Waals surface area contributed by atoms with E-state index in [0.717, 1.165) is 0 Å². The number of cyclic esters (lactones) is 1. The second-order valence-electron chi connectivity index (χ2n) is 8.68. The molecule has 3 rings (SSSR count). The van der Waals surface area contributed by atoms with Crippen molar-refractivity contribution in [1.29, 1.82) is 5.26 Å². The molecule has 0 aromatic heterocycles. The topological polar surface area (TPSA) is 87.0 Å². The van der Waals surface area contributed by atoms with Crippen LogP contribution in [0.1, 0.15) is 32.8 Å². The monoisotopic (exact) mass is 405 g/mol. The molecule has 2 aliphatic rings. The van der Waals surface area contributed by atoms with E-state index >= 15 is 0 Å². The highest BCUT2D eigenvalue weighted by molar-refractivity contribution is 6.74. The number of rotatable bonds is 5. The van der Waals surface area contributed by atoms with Gasteiger partial charge in [-0.05, 0) is 30.3 Å². The van der Waals surface area contributed by atoms with Gasteiger partial charge < -0.3 is 23.4 Å². The maximum Gasteiger partial charge on any atom is 0.308 e. The smallest absolute Gasteiger partial charge is 0.308 e. The van der Waals surface area contributed by atoms with Crippen LogP contribution >= 0.6 is 0 Å². The van der Waals surface area contributed by atoms with Gasteiger partial charge in [0.15, 0.2) is 25.4 Å². The standard InChI is InChI=1S/C20H27NO6Si/c1-19(2,3)28(5,6)27-20(11-21,14-10-17(22)26-18(14)23-4)13-7-8-15-16(9-13)25-12-24-15/h7-9,14,18H,10,12H2,1-6H3/t14-,18-,20?/m1/s1. The third kappa shape index (κ3) is 3.38. The van der Waals surface area contributed by atoms with Crippen molar-refractivity contribution in [2.75, 3.05) is 13.9 Å². The van der Waals surface area contributed by atoms with Crippen LogP contribution in [0.2, 0.25) is 18.1 Å². The van der Waals surface area contributed by atoms with E-state index in [2.05, 4.69) is 39.9 Å². The average Bonchev–Trinajstić information content (AvgIpc) is 3.24. The summed E-state index contributed by atoms with van der Waals surface area (Å²) in [6, 6.07) is 7.69. The van der Waals surface area contributed by atoms with Crippen LogP contribution in [0.4, 0.5) is 0 Å². The molecule has 0 N–H and O–H groups in total. The van der Waals surface area contributed by atoms with E-state index in [0.29, 0.717) is 17.1 Å². The summed E-state index contributed by atoms with van der Waals surface area (Å²) in [4.78, 5) is 12.1. The summed E-state index contributed by atoms with van der Waals surface area (Å²) in [5.41, 5.74) is -0.814. The highest BCUT2D eigenvalue weighted by Crippen LogP contribution is 2.49. The van der Waals surface area contributed by atoms with E-state index in [9.17, 15) is 10.1 Å². The molecule has 1 aromatic rings. The van der Waals surface area contributed by atoms with Crippen molar-refractivity contribution in [3.63, 3.8) is 0 Å². The molecule has 0 amide bonds. The van der Waals surface area contributed by atoms with E-state index in [4.69, 9.17) is 23.4 Å². The van der Waals surface area contributed by atoms with Gasteiger partial charge in [-0.3, -0.25) is 4.79 Å². The highest BCUT2D eigenvalue weighted by Gasteiger charge is 2.56. The Balaban J connectivity index is 2.15. The Morgan fingerprint density at radius 2 is 1.89 bits per heavy atom. The molecule has 1 aromatic carbocycles. The number of nitriles is 1. The molecule has 1 fully saturated rings. The molecule has 0 saturated carbocycles. The number of methoxy groups -OCH3 is 1. The minimum atomic E-state index is -2.42. The van der Waals surface area contributed by atoms with E-state index in [1.807, 2.05) is 0 Å². The number of nitrogens with zero attached hydrogens (tertiary/aromatic N) is 1. The Labute approximate surface area is 166 Å². The minimum Gasteiger partial charge on any atom is -0.454 e. The molecular formula is C20H27NO6Si. The molecule has 0 radical (unpaired) electrons. The van der Waals surface area contributed by atoms with Crippen molar-refractivity contribution < 1.29 is 28.2 Å². The summed E-state index contributed by atoms with van der Waals surface area (Å²) in [5, 5.41) is 10.3. The molecule has 0 aliphatic carbocycles. The fraction of sp³-hybridized carbons (Fsp3) is 0.600. The second kappa shape index (κ2) is 7.06. The number of hydrogen-bond acceptors (Lipinski definition) is 7. The summed E-state index contributed by atoms with van der Waals surface area (Å²) in [6.07, 6.45) is -0.822. The Kier molecular flexibility index (Phi) is 5.21. The van der Waals surface area contributed by atoms with Crippen molar-refractivity contribution in [3.05, 3.63) is 23.8 Å². The molecule has 0 bridgehead atoms. The maximum atomic E-state index is 12.1. The van der Waals surface area contributed by atoms with Crippen LogP contribution in [0.25, 0.3) is 0 Å². The molecule has 1 saturated heterocycles. The van der Waals surface area contributed by atoms with Crippen LogP contribution in [0.15, 0.2) is 18.2 Å². The normalized spacial score (nSPS) is 23.8. The molecule has 2 aliphatic heterocycles. The molecular weight excluding hydrogens is 378 g/mol. The quantitative estimate of drug-likeness (QED) is 0.545. The SMILES string of the molecule is CO[C@@H]1OC(=O)C[C@H]1C(C#N)(O[Si](C)(C)C(C)(C)C)c1ccc2c(c1)OCO2. The number of hydrogen-bond donors (Lipinski definition) is 0. The maximum absolute atomic E-state index is 12.1. The number of ether oxygens (including phenoxy) is 4. The lowest BCUT2D eigenvalue weighted by atomic mass is 9.80. The first-order valence-electron chi connectivity index (χ1n) is 9.28. The first kappa shape index (κ1) is 20.6. The lowest BCUT2D eigenvalue weighted by Gasteiger charge is -2.45. The zero-order valence-electron chi connectivity index (χ0n) is 17.2. The van der Waals surface area contributed by atoms with Crippen molar-refractivity contribution in [1.82, 2.24) is 0 Å². The largest absolute Gasteiger partial charge is 0.454 e. The number of carbonyl (C=O) groups excluding carboxylic acids is 1. The van der Waals surface area contributed by atoms with Gasteiger partial charge in [0, 0.05) is 12.7 Å². The predicted molar refractivity (Wildman–Crippen MR) is 103 cm³/mol. The summed E-state index contributed by atoms with van der Waals surface area (Å²) >= 11 is 0. The fourth-order valence-electron chi connectivity index (χ4n) is 3.29. The van der Waals surface area contributed by atoms with Crippen LogP contribution in [-0.4, -0.2) is 34.5 Å². The van der Waals surface area contributed by atoms with E-state index in [1.165, 1.54) is 7.11 Å². The molecule has 7 nitrogen and oxygen atoms in total. The van der Waals surface area contributed by atoms with Gasteiger partial charge in [0.25, 0.3) is 0 Å². The number of benzene rings is 1. The predicted octanol–water partition coefficient (Wildman–Crippen LogP) is 3.69. The zero-order valence-corrected chi connectivity index (χ0v) is 18.2. The average molecular weight is 406 g/mol. The summed E-state index contributed by atoms with van der Waals surface area (Å²) in [6.45, 7) is 10.6. The van der Waals surface area contributed by atoms with Gasteiger partial charge in [-0.1, -0.05) is 26.8 Å². The summed E-state index contributed by atoms with van der Waals surface area (Å²) < 4.78 is 28.3. The van der Waals surface area contributed by atoms with Crippen LogP contribution in [0.5, 0.6) is 11.5 Å². The van der Waals surface area contributed by atoms with Crippen LogP contribution < -0.4 is 9.47 Å². The molecule has 152 valence electrons. The number of carbonyl (C=O) groups is 1. The van der Waals surface area contributed by atoms with Crippen LogP contribution in [-0.2, 0) is 24.3 Å². The van der Waals surface area contributed by atoms with Crippen molar-refractivity contribution in [2.24, 2.45) is 5.92 Å². The van der Waals surface area contributed by atoms with Crippen LogP contribution in [0, 0.1) is 17.2 Å². The molecule has 8 heteroatoms. The van der Waals surface area contributed by atoms with E-state index in [-0.39, 0.29) is 18.3 Å². The molecule has 3 atom stereocenters. The zero-order chi connectivity index (χ0) is 20.7. The van der Waals surface area contributed by atoms with E-state index < -0.39 is 32.1 Å². The van der Waals surface area contributed by atoms with E-state index in [1.54, 1.807) is 18.2 Å². The minimum absolute atomic E-state index is 0.0368. The Morgan fingerprint density at radius 1 is 1.21 bits per heavy atom. The van der Waals surface area contributed by atoms with Gasteiger partial charge in [0.05, 0.1) is 12.3 Å². The Morgan fingerprint density at radius 3 is 2.50 bits per heavy atom. The van der Waals surface area contributed by atoms with Gasteiger partial charge in [0.2, 0.25) is 13.1 Å². The van der Waals surface area contributed by atoms with Gasteiger partial charge in [-0.2, -0.15) is 5.26 Å². The summed E-state index contributed by atoms with van der Waals surface area (Å²) in [7, 11) is -0.956. The van der Waals surface area contributed by atoms with Gasteiger partial charge in [-0.25, -0.2) is 0 Å². The highest BCUT2D eigenvalue weighted by atomic mass is 28.4. The van der Waals surface area contributed by atoms with Crippen LogP contribution in [0.3, 0.4) is 0 Å². The lowest BCUT2D eigenvalue weighted by molar-refractivity contribution is -0.168. The Hall–Kier alpha value is -2.08. The molecule has 1 unspecified atom stereocenters. The molecule has 0 spiro atoms. The first-order chi connectivity index (χ1) is 13.0. The first-order valence-corrected chi connectivity index (χ1v) is 12.2. The molecule has 28 heavy (non-hydrogen) atoms.